The van der Waals surface area contributed by atoms with Gasteiger partial charge in [0.1, 0.15) is 5.83 Å². The van der Waals surface area contributed by atoms with Crippen LogP contribution in [0.1, 0.15) is 12.0 Å². The lowest BCUT2D eigenvalue weighted by Crippen LogP contribution is -1.86. The first-order valence-electron chi connectivity index (χ1n) is 4.19. The molecule has 14 heavy (non-hydrogen) atoms. The van der Waals surface area contributed by atoms with Crippen molar-refractivity contribution in [1.29, 1.82) is 0 Å². The van der Waals surface area contributed by atoms with Crippen LogP contribution in [0.4, 0.5) is 8.78 Å². The highest BCUT2D eigenvalue weighted by Gasteiger charge is 2.04. The van der Waals surface area contributed by atoms with E-state index in [9.17, 15) is 8.78 Å². The number of allylic oxidation sites excluding steroid dienone is 1. The van der Waals surface area contributed by atoms with Crippen LogP contribution in [-0.4, -0.2) is 0 Å². The zero-order valence-corrected chi connectivity index (χ0v) is 7.50. The largest absolute Gasteiger partial charge is 0.362 e. The summed E-state index contributed by atoms with van der Waals surface area (Å²) in [4.78, 5) is 2.39. The van der Waals surface area contributed by atoms with Gasteiger partial charge in [-0.2, -0.15) is 0 Å². The molecule has 0 N–H and O–H groups in total. The van der Waals surface area contributed by atoms with E-state index in [1.54, 1.807) is 0 Å². The second-order valence-electron chi connectivity index (χ2n) is 2.79. The third-order valence-corrected chi connectivity index (χ3v) is 1.80. The van der Waals surface area contributed by atoms with Crippen LogP contribution in [0, 0.1) is 6.57 Å². The SMILES string of the molecule is [C-]#[N+]/C(F)=C(\F)CCc1ccccc1. The van der Waals surface area contributed by atoms with Crippen LogP contribution in [0.15, 0.2) is 42.1 Å². The molecule has 1 nitrogen and oxygen atoms in total. The molecule has 0 bridgehead atoms. The Kier molecular flexibility index (Phi) is 3.81. The molecule has 1 rings (SSSR count). The van der Waals surface area contributed by atoms with Crippen LogP contribution in [0.25, 0.3) is 4.85 Å². The van der Waals surface area contributed by atoms with E-state index in [0.29, 0.717) is 6.42 Å². The van der Waals surface area contributed by atoms with Crippen molar-refractivity contribution in [1.82, 2.24) is 0 Å². The smallest absolute Gasteiger partial charge is 0.234 e. The van der Waals surface area contributed by atoms with Crippen LogP contribution in [-0.2, 0) is 6.42 Å². The third-order valence-electron chi connectivity index (χ3n) is 1.80. The predicted molar refractivity (Wildman–Crippen MR) is 50.6 cm³/mol. The monoisotopic (exact) mass is 193 g/mol. The third kappa shape index (κ3) is 2.98. The van der Waals surface area contributed by atoms with Gasteiger partial charge in [-0.3, -0.25) is 0 Å². The number of rotatable bonds is 3. The lowest BCUT2D eigenvalue weighted by Gasteiger charge is -1.98. The molecular formula is C11H9F2N. The fourth-order valence-electron chi connectivity index (χ4n) is 1.06. The van der Waals surface area contributed by atoms with Gasteiger partial charge in [0, 0.05) is 0 Å². The van der Waals surface area contributed by atoms with Gasteiger partial charge in [0.05, 0.1) is 6.57 Å². The Morgan fingerprint density at radius 3 is 2.43 bits per heavy atom. The van der Waals surface area contributed by atoms with E-state index in [4.69, 9.17) is 6.57 Å². The topological polar surface area (TPSA) is 4.36 Å². The summed E-state index contributed by atoms with van der Waals surface area (Å²) in [6.45, 7) is 6.27. The van der Waals surface area contributed by atoms with Gasteiger partial charge in [-0.15, -0.1) is 0 Å². The maximum Gasteiger partial charge on any atom is 0.362 e. The highest BCUT2D eigenvalue weighted by Crippen LogP contribution is 2.16. The molecule has 0 amide bonds. The first kappa shape index (κ1) is 10.4. The molecule has 0 aliphatic carbocycles. The van der Waals surface area contributed by atoms with Crippen molar-refractivity contribution in [2.45, 2.75) is 12.8 Å². The van der Waals surface area contributed by atoms with Crippen LogP contribution in [0.3, 0.4) is 0 Å². The summed E-state index contributed by atoms with van der Waals surface area (Å²) in [6.07, 6.45) is 0.355. The lowest BCUT2D eigenvalue weighted by molar-refractivity contribution is 0.521. The van der Waals surface area contributed by atoms with E-state index in [2.05, 4.69) is 4.85 Å². The molecule has 0 heterocycles. The Balaban J connectivity index is 2.55. The molecule has 1 aromatic carbocycles. The normalized spacial score (nSPS) is 11.8. The molecule has 0 saturated heterocycles. The molecule has 0 saturated carbocycles. The van der Waals surface area contributed by atoms with Crippen molar-refractivity contribution >= 4 is 0 Å². The molecule has 72 valence electrons. The van der Waals surface area contributed by atoms with Gasteiger partial charge >= 0.3 is 5.95 Å². The highest BCUT2D eigenvalue weighted by molar-refractivity contribution is 5.16. The molecule has 0 aliphatic rings. The molecular weight excluding hydrogens is 184 g/mol. The van der Waals surface area contributed by atoms with Gasteiger partial charge in [-0.1, -0.05) is 30.3 Å². The highest BCUT2D eigenvalue weighted by atomic mass is 19.2. The maximum absolute atomic E-state index is 12.8. The molecule has 0 fully saturated rings. The number of nitrogens with zero attached hydrogens (tertiary/aromatic N) is 1. The van der Waals surface area contributed by atoms with Gasteiger partial charge in [0.2, 0.25) is 0 Å². The zero-order valence-electron chi connectivity index (χ0n) is 7.50. The van der Waals surface area contributed by atoms with E-state index >= 15 is 0 Å². The quantitative estimate of drug-likeness (QED) is 0.509. The Morgan fingerprint density at radius 2 is 1.86 bits per heavy atom. The standard InChI is InChI=1S/C11H9F2N/c1-14-11(13)10(12)8-7-9-5-3-2-4-6-9/h2-6H,7-8H2/b11-10-. The van der Waals surface area contributed by atoms with Crippen molar-refractivity contribution in [3.05, 3.63) is 59.1 Å². The van der Waals surface area contributed by atoms with Gasteiger partial charge < -0.3 is 0 Å². The summed E-state index contributed by atoms with van der Waals surface area (Å²) in [6, 6.07) is 9.20. The Hall–Kier alpha value is -1.69. The fraction of sp³-hybridized carbons (Fsp3) is 0.182. The number of aryl methyl sites for hydroxylation is 1. The molecule has 0 radical (unpaired) electrons. The second kappa shape index (κ2) is 5.13. The van der Waals surface area contributed by atoms with Gasteiger partial charge in [-0.25, -0.2) is 13.6 Å². The average Bonchev–Trinajstić information content (AvgIpc) is 2.26. The Labute approximate surface area is 81.5 Å². The molecule has 0 atom stereocenters. The zero-order chi connectivity index (χ0) is 10.4. The van der Waals surface area contributed by atoms with Crippen molar-refractivity contribution in [3.63, 3.8) is 0 Å². The second-order valence-corrected chi connectivity index (χ2v) is 2.79. The Bertz CT molecular complexity index is 363. The molecule has 3 heteroatoms. The maximum atomic E-state index is 12.8. The molecule has 0 unspecified atom stereocenters. The summed E-state index contributed by atoms with van der Waals surface area (Å²) in [5.41, 5.74) is 0.931. The molecule has 0 aliphatic heterocycles. The number of halogens is 2. The minimum Gasteiger partial charge on any atom is -0.234 e. The summed E-state index contributed by atoms with van der Waals surface area (Å²) in [5, 5.41) is 0. The van der Waals surface area contributed by atoms with E-state index in [1.165, 1.54) is 0 Å². The van der Waals surface area contributed by atoms with Gasteiger partial charge in [-0.05, 0) is 18.4 Å². The molecule has 0 aromatic heterocycles. The number of benzene rings is 1. The van der Waals surface area contributed by atoms with Crippen molar-refractivity contribution in [2.24, 2.45) is 0 Å². The summed E-state index contributed by atoms with van der Waals surface area (Å²) >= 11 is 0. The number of hydrogen-bond donors (Lipinski definition) is 0. The van der Waals surface area contributed by atoms with Crippen molar-refractivity contribution in [3.8, 4) is 0 Å². The van der Waals surface area contributed by atoms with Gasteiger partial charge in [0.25, 0.3) is 0 Å². The summed E-state index contributed by atoms with van der Waals surface area (Å²) in [7, 11) is 0. The number of hydrogen-bond acceptors (Lipinski definition) is 0. The average molecular weight is 193 g/mol. The summed E-state index contributed by atoms with van der Waals surface area (Å²) < 4.78 is 25.2. The van der Waals surface area contributed by atoms with Crippen LogP contribution in [0.5, 0.6) is 0 Å². The Morgan fingerprint density at radius 1 is 1.21 bits per heavy atom. The fourth-order valence-corrected chi connectivity index (χ4v) is 1.06. The first-order valence-corrected chi connectivity index (χ1v) is 4.19. The van der Waals surface area contributed by atoms with E-state index in [1.807, 2.05) is 30.3 Å². The van der Waals surface area contributed by atoms with Crippen LogP contribution >= 0.6 is 0 Å². The first-order chi connectivity index (χ1) is 6.74. The minimum absolute atomic E-state index is 0.0573. The molecule has 1 aromatic rings. The van der Waals surface area contributed by atoms with Gasteiger partial charge in [0.15, 0.2) is 0 Å². The molecule has 0 spiro atoms. The van der Waals surface area contributed by atoms with E-state index < -0.39 is 11.8 Å². The van der Waals surface area contributed by atoms with E-state index in [0.717, 1.165) is 5.56 Å². The van der Waals surface area contributed by atoms with Crippen LogP contribution < -0.4 is 0 Å². The minimum atomic E-state index is -1.33. The van der Waals surface area contributed by atoms with Crippen LogP contribution in [0.2, 0.25) is 0 Å². The van der Waals surface area contributed by atoms with E-state index in [-0.39, 0.29) is 6.42 Å². The van der Waals surface area contributed by atoms with Crippen molar-refractivity contribution in [2.75, 3.05) is 0 Å². The summed E-state index contributed by atoms with van der Waals surface area (Å²) in [5.74, 6) is -2.30. The lowest BCUT2D eigenvalue weighted by atomic mass is 10.1. The predicted octanol–water partition coefficient (Wildman–Crippen LogP) is 3.65. The van der Waals surface area contributed by atoms with Crippen molar-refractivity contribution < 1.29 is 8.78 Å².